The molecule has 0 aliphatic carbocycles. The summed E-state index contributed by atoms with van der Waals surface area (Å²) in [4.78, 5) is 10.0. The van der Waals surface area contributed by atoms with E-state index in [9.17, 15) is 0 Å². The summed E-state index contributed by atoms with van der Waals surface area (Å²) in [6.07, 6.45) is 3.62. The maximum atomic E-state index is 5.00. The van der Waals surface area contributed by atoms with E-state index in [1.165, 1.54) is 0 Å². The van der Waals surface area contributed by atoms with E-state index in [2.05, 4.69) is 102 Å². The van der Waals surface area contributed by atoms with Crippen molar-refractivity contribution >= 4 is 10.9 Å². The molecule has 0 fully saturated rings. The predicted molar refractivity (Wildman–Crippen MR) is 158 cm³/mol. The van der Waals surface area contributed by atoms with Crippen molar-refractivity contribution in [3.8, 4) is 50.7 Å². The smallest absolute Gasteiger partial charge is 0.135 e. The van der Waals surface area contributed by atoms with Crippen molar-refractivity contribution in [2.75, 3.05) is 0 Å². The number of benzene rings is 5. The molecule has 0 unspecified atom stereocenters. The Morgan fingerprint density at radius 1 is 0.525 bits per heavy atom. The van der Waals surface area contributed by atoms with E-state index in [0.29, 0.717) is 5.82 Å². The van der Waals surface area contributed by atoms with Gasteiger partial charge in [0.15, 0.2) is 0 Å². The largest absolute Gasteiger partial charge is 0.439 e. The quantitative estimate of drug-likeness (QED) is 0.189. The average Bonchev–Trinajstić information content (AvgIpc) is 3.42. The fourth-order valence-corrected chi connectivity index (χ4v) is 4.94. The summed E-state index contributed by atoms with van der Waals surface area (Å²) < 4.78 is 2.08. The van der Waals surface area contributed by atoms with Crippen LogP contribution in [0.25, 0.3) is 61.6 Å². The second kappa shape index (κ2) is 11.5. The van der Waals surface area contributed by atoms with E-state index >= 15 is 0 Å². The average molecular weight is 587 g/mol. The van der Waals surface area contributed by atoms with Gasteiger partial charge in [-0.1, -0.05) is 137 Å². The molecule has 1 radical (unpaired) electrons. The molecule has 0 saturated heterocycles. The van der Waals surface area contributed by atoms with Crippen LogP contribution in [0.2, 0.25) is 0 Å². The van der Waals surface area contributed by atoms with E-state index in [4.69, 9.17) is 9.97 Å². The minimum absolute atomic E-state index is 0. The molecule has 0 amide bonds. The van der Waals surface area contributed by atoms with Crippen LogP contribution in [-0.4, -0.2) is 14.5 Å². The van der Waals surface area contributed by atoms with Crippen LogP contribution in [0, 0.1) is 12.3 Å². The maximum absolute atomic E-state index is 5.00. The molecule has 187 valence electrons. The zero-order valence-corrected chi connectivity index (χ0v) is 24.5. The van der Waals surface area contributed by atoms with E-state index < -0.39 is 0 Å². The second-order valence-corrected chi connectivity index (χ2v) is 9.36. The summed E-state index contributed by atoms with van der Waals surface area (Å²) >= 11 is 0. The first-order chi connectivity index (χ1) is 19.3. The Kier molecular flexibility index (Phi) is 7.50. The summed E-state index contributed by atoms with van der Waals surface area (Å²) in [5.74, 6) is 0.671. The monoisotopic (exact) mass is 586 g/mol. The number of rotatable bonds is 5. The van der Waals surface area contributed by atoms with Crippen molar-refractivity contribution in [3.05, 3.63) is 152 Å². The maximum Gasteiger partial charge on any atom is 0.135 e. The molecule has 0 spiro atoms. The van der Waals surface area contributed by atoms with Crippen molar-refractivity contribution in [3.63, 3.8) is 0 Å². The first kappa shape index (κ1) is 26.1. The van der Waals surface area contributed by atoms with Gasteiger partial charge in [-0.05, 0) is 17.8 Å². The van der Waals surface area contributed by atoms with Crippen LogP contribution in [-0.2, 0) is 32.7 Å². The molecule has 2 heterocycles. The molecule has 0 aliphatic rings. The normalized spacial score (nSPS) is 10.8. The molecule has 40 heavy (non-hydrogen) atoms. The van der Waals surface area contributed by atoms with E-state index in [0.717, 1.165) is 55.8 Å². The molecule has 7 rings (SSSR count). The molecule has 3 nitrogen and oxygen atoms in total. The van der Waals surface area contributed by atoms with Gasteiger partial charge in [0.25, 0.3) is 0 Å². The van der Waals surface area contributed by atoms with E-state index in [-0.39, 0.29) is 32.7 Å². The molecule has 0 aliphatic heterocycles. The number of hydrogen-bond donors (Lipinski definition) is 0. The van der Waals surface area contributed by atoms with Crippen LogP contribution in [0.3, 0.4) is 0 Å². The Morgan fingerprint density at radius 3 is 1.70 bits per heavy atom. The first-order valence-corrected chi connectivity index (χ1v) is 12.9. The van der Waals surface area contributed by atoms with Gasteiger partial charge in [0, 0.05) is 43.8 Å². The second-order valence-electron chi connectivity index (χ2n) is 9.36. The molecule has 4 heteroatoms. The Bertz CT molecular complexity index is 1840. The van der Waals surface area contributed by atoms with Crippen molar-refractivity contribution in [2.24, 2.45) is 0 Å². The van der Waals surface area contributed by atoms with Gasteiger partial charge in [0.2, 0.25) is 0 Å². The number of fused-ring (bicyclic) bond motifs is 1. The molecule has 2 aromatic heterocycles. The molecule has 7 aromatic rings. The Labute approximate surface area is 259 Å². The number of nitrogens with zero attached hydrogens (tertiary/aromatic N) is 3. The van der Waals surface area contributed by atoms with Crippen molar-refractivity contribution in [1.29, 1.82) is 0 Å². The van der Waals surface area contributed by atoms with Gasteiger partial charge in [-0.15, -0.1) is 5.69 Å². The van der Waals surface area contributed by atoms with Crippen LogP contribution in [0.1, 0.15) is 0 Å². The summed E-state index contributed by atoms with van der Waals surface area (Å²) in [7, 11) is 0. The Balaban J connectivity index is 0.00000289. The third kappa shape index (κ3) is 5.06. The van der Waals surface area contributed by atoms with Crippen LogP contribution in [0.15, 0.2) is 140 Å². The van der Waals surface area contributed by atoms with Crippen LogP contribution >= 0.6 is 0 Å². The topological polar surface area (TPSA) is 30.7 Å². The molecule has 0 atom stereocenters. The zero-order chi connectivity index (χ0) is 26.0. The summed E-state index contributed by atoms with van der Waals surface area (Å²) in [5.41, 5.74) is 8.97. The third-order valence-electron chi connectivity index (χ3n) is 6.85. The van der Waals surface area contributed by atoms with Gasteiger partial charge < -0.3 is 4.57 Å². The summed E-state index contributed by atoms with van der Waals surface area (Å²) in [6, 6.07) is 50.8. The van der Waals surface area contributed by atoms with E-state index in [1.54, 1.807) is 0 Å². The van der Waals surface area contributed by atoms with Crippen molar-refractivity contribution < 1.29 is 32.7 Å². The molecule has 0 bridgehead atoms. The zero-order valence-electron chi connectivity index (χ0n) is 21.7. The first-order valence-electron chi connectivity index (χ1n) is 12.9. The Hall–Kier alpha value is -4.18. The molecular weight excluding hydrogens is 563 g/mol. The summed E-state index contributed by atoms with van der Waals surface area (Å²) in [5, 5.41) is 1.15. The van der Waals surface area contributed by atoms with Crippen LogP contribution in [0.4, 0.5) is 0 Å². The number of aromatic nitrogens is 3. The van der Waals surface area contributed by atoms with Gasteiger partial charge in [0.1, 0.15) is 5.82 Å². The molecule has 0 saturated carbocycles. The van der Waals surface area contributed by atoms with Gasteiger partial charge in [-0.25, -0.2) is 16.0 Å². The van der Waals surface area contributed by atoms with Crippen molar-refractivity contribution in [2.45, 2.75) is 0 Å². The van der Waals surface area contributed by atoms with Crippen LogP contribution in [0.5, 0.6) is 0 Å². The van der Waals surface area contributed by atoms with Gasteiger partial charge in [-0.2, -0.15) is 18.2 Å². The SMILES string of the molecule is [Y].[c-]1ccc(-c2nc(-c3ccccc3)cc(-c3ccccc3)n2)cc1-n1[c-]c(-c2ccccc2)c2ccccc21. The third-order valence-corrected chi connectivity index (χ3v) is 6.85. The Morgan fingerprint density at radius 2 is 1.07 bits per heavy atom. The molecular formula is C36H23N3Y-2. The molecule has 0 N–H and O–H groups in total. The van der Waals surface area contributed by atoms with Crippen LogP contribution < -0.4 is 0 Å². The number of hydrogen-bond acceptors (Lipinski definition) is 2. The van der Waals surface area contributed by atoms with Gasteiger partial charge in [0.05, 0.1) is 11.4 Å². The molecule has 5 aromatic carbocycles. The standard InChI is InChI=1S/C36H23N3.Y/c1-4-13-26(14-5-1)32-25-39(35-22-11-10-21-31(32)35)30-20-12-19-29(23-30)36-37-33(27-15-6-2-7-16-27)24-34(38-36)28-17-8-3-9-18-28;/h1-19,21-24H;/q-2;. The minimum atomic E-state index is 0. The fraction of sp³-hybridized carbons (Fsp3) is 0. The van der Waals surface area contributed by atoms with Gasteiger partial charge in [-0.3, -0.25) is 0 Å². The van der Waals surface area contributed by atoms with Gasteiger partial charge >= 0.3 is 0 Å². The fourth-order valence-electron chi connectivity index (χ4n) is 4.94. The van der Waals surface area contributed by atoms with Crippen molar-refractivity contribution in [1.82, 2.24) is 14.5 Å². The predicted octanol–water partition coefficient (Wildman–Crippen LogP) is 8.69. The number of para-hydroxylation sites is 1. The minimum Gasteiger partial charge on any atom is -0.439 e. The summed E-state index contributed by atoms with van der Waals surface area (Å²) in [6.45, 7) is 0. The van der Waals surface area contributed by atoms with E-state index in [1.807, 2.05) is 54.6 Å².